The van der Waals surface area contributed by atoms with Crippen molar-refractivity contribution in [2.24, 2.45) is 5.92 Å². The Morgan fingerprint density at radius 2 is 1.43 bits per heavy atom. The van der Waals surface area contributed by atoms with Crippen LogP contribution in [0.2, 0.25) is 0 Å². The topological polar surface area (TPSA) is 0 Å². The minimum atomic E-state index is 0.177. The predicted molar refractivity (Wildman–Crippen MR) is 170 cm³/mol. The third-order valence-electron chi connectivity index (χ3n) is 8.02. The second-order valence-electron chi connectivity index (χ2n) is 13.6. The maximum absolute atomic E-state index is 3.53. The summed E-state index contributed by atoms with van der Waals surface area (Å²) < 4.78 is 1.80. The van der Waals surface area contributed by atoms with E-state index in [9.17, 15) is 0 Å². The van der Waals surface area contributed by atoms with Crippen LogP contribution in [0.5, 0.6) is 0 Å². The van der Waals surface area contributed by atoms with Gasteiger partial charge >= 0.3 is 59.5 Å². The van der Waals surface area contributed by atoms with E-state index in [1.807, 2.05) is 6.07 Å². The zero-order valence-corrected chi connectivity index (χ0v) is 28.2. The van der Waals surface area contributed by atoms with Crippen LogP contribution >= 0.6 is 0 Å². The molecule has 3 aliphatic carbocycles. The van der Waals surface area contributed by atoms with Crippen LogP contribution in [0.25, 0.3) is 16.7 Å². The zero-order valence-electron chi connectivity index (χ0n) is 25.7. The fourth-order valence-corrected chi connectivity index (χ4v) is 6.23. The number of fused-ring (bicyclic) bond motifs is 3. The first-order valence-corrected chi connectivity index (χ1v) is 16.3. The van der Waals surface area contributed by atoms with Crippen LogP contribution in [0, 0.1) is 18.1 Å². The molecule has 1 saturated carbocycles. The summed E-state index contributed by atoms with van der Waals surface area (Å²) >= 11 is 1.69. The van der Waals surface area contributed by atoms with Gasteiger partial charge < -0.3 is 0 Å². The molecule has 1 unspecified atom stereocenters. The van der Waals surface area contributed by atoms with E-state index in [2.05, 4.69) is 127 Å². The molecule has 1 atom stereocenters. The van der Waals surface area contributed by atoms with Crippen LogP contribution in [0.3, 0.4) is 0 Å². The van der Waals surface area contributed by atoms with Crippen molar-refractivity contribution in [2.45, 2.75) is 97.8 Å². The molecule has 0 aromatic heterocycles. The van der Waals surface area contributed by atoms with Crippen LogP contribution in [0.1, 0.15) is 108 Å². The van der Waals surface area contributed by atoms with Gasteiger partial charge in [-0.3, -0.25) is 6.08 Å². The Bertz CT molecular complexity index is 1300. The Morgan fingerprint density at radius 1 is 0.775 bits per heavy atom. The van der Waals surface area contributed by atoms with Crippen molar-refractivity contribution in [3.8, 4) is 11.1 Å². The number of hydrogen-bond acceptors (Lipinski definition) is 0. The number of allylic oxidation sites excluding steroid dienone is 4. The molecule has 206 valence electrons. The van der Waals surface area contributed by atoms with E-state index in [0.717, 1.165) is 6.42 Å². The standard InChI is InChI=1S/C21H25.C12H11.C6H10.Zr/c1-20(2,3)16-9-7-14-11-15-8-10-17(21(4,5)6)13-19(15)18(14)12-16;1-10-7-8-12(9-10)11-5-3-2-4-6-11;1-2-4-6-5-3-1;/h7,9-10,12-13H,11H2,1-6H3;2-6,8-10H,1H3;1-5H2;/q2*-1;;+2. The van der Waals surface area contributed by atoms with Crippen molar-refractivity contribution in [3.63, 3.8) is 0 Å². The van der Waals surface area contributed by atoms with Crippen molar-refractivity contribution in [2.75, 3.05) is 0 Å². The average molecular weight is 606 g/mol. The van der Waals surface area contributed by atoms with Gasteiger partial charge in [0.25, 0.3) is 0 Å². The van der Waals surface area contributed by atoms with E-state index in [1.54, 1.807) is 27.4 Å². The molecular weight excluding hydrogens is 560 g/mol. The average Bonchev–Trinajstić information content (AvgIpc) is 3.52. The molecule has 0 amide bonds. The van der Waals surface area contributed by atoms with E-state index in [1.165, 1.54) is 76.6 Å². The number of hydrogen-bond donors (Lipinski definition) is 0. The van der Waals surface area contributed by atoms with Crippen molar-refractivity contribution in [1.82, 2.24) is 0 Å². The van der Waals surface area contributed by atoms with E-state index in [4.69, 9.17) is 0 Å². The van der Waals surface area contributed by atoms with E-state index < -0.39 is 0 Å². The van der Waals surface area contributed by atoms with Gasteiger partial charge in [-0.2, -0.15) is 41.0 Å². The predicted octanol–water partition coefficient (Wildman–Crippen LogP) is 10.4. The first kappa shape index (κ1) is 30.8. The van der Waals surface area contributed by atoms with Crippen LogP contribution in [-0.2, 0) is 41.5 Å². The van der Waals surface area contributed by atoms with Gasteiger partial charge in [-0.25, -0.2) is 6.08 Å². The molecule has 0 aliphatic heterocycles. The van der Waals surface area contributed by atoms with Crippen molar-refractivity contribution in [1.29, 1.82) is 0 Å². The van der Waals surface area contributed by atoms with Crippen LogP contribution < -0.4 is 0 Å². The van der Waals surface area contributed by atoms with E-state index in [0.29, 0.717) is 5.92 Å². The second-order valence-corrected chi connectivity index (χ2v) is 15.3. The summed E-state index contributed by atoms with van der Waals surface area (Å²) in [5.41, 5.74) is 11.3. The fraction of sp³-hybridized carbons (Fsp3) is 0.410. The number of benzene rings is 3. The normalized spacial score (nSPS) is 17.7. The molecule has 3 aromatic rings. The van der Waals surface area contributed by atoms with Gasteiger partial charge in [0.05, 0.1) is 0 Å². The fourth-order valence-electron chi connectivity index (χ4n) is 5.36. The summed E-state index contributed by atoms with van der Waals surface area (Å²) in [5.74, 6) is 0.472. The van der Waals surface area contributed by atoms with Gasteiger partial charge in [-0.1, -0.05) is 119 Å². The van der Waals surface area contributed by atoms with E-state index >= 15 is 0 Å². The molecule has 6 rings (SSSR count). The molecule has 40 heavy (non-hydrogen) atoms. The van der Waals surface area contributed by atoms with Crippen molar-refractivity contribution < 1.29 is 24.2 Å². The molecular formula is C39H46Zr. The van der Waals surface area contributed by atoms with Gasteiger partial charge in [0.1, 0.15) is 0 Å². The molecule has 3 aliphatic rings. The summed E-state index contributed by atoms with van der Waals surface area (Å²) in [4.78, 5) is 0. The van der Waals surface area contributed by atoms with Gasteiger partial charge in [0.15, 0.2) is 0 Å². The molecule has 0 nitrogen and oxygen atoms in total. The first-order valence-electron chi connectivity index (χ1n) is 15.0. The van der Waals surface area contributed by atoms with Crippen molar-refractivity contribution in [3.05, 3.63) is 113 Å². The molecule has 0 bridgehead atoms. The monoisotopic (exact) mass is 604 g/mol. The Kier molecular flexibility index (Phi) is 10.2. The summed E-state index contributed by atoms with van der Waals surface area (Å²) in [6.45, 7) is 15.8. The zero-order chi connectivity index (χ0) is 28.9. The van der Waals surface area contributed by atoms with E-state index in [-0.39, 0.29) is 10.8 Å². The molecule has 0 spiro atoms. The van der Waals surface area contributed by atoms with Gasteiger partial charge in [0, 0.05) is 0 Å². The van der Waals surface area contributed by atoms with Gasteiger partial charge in [-0.15, -0.1) is 11.1 Å². The Balaban J connectivity index is 0.000000162. The first-order chi connectivity index (χ1) is 18.9. The third-order valence-corrected chi connectivity index (χ3v) is 9.25. The molecule has 1 heteroatoms. The Labute approximate surface area is 259 Å². The quantitative estimate of drug-likeness (QED) is 0.189. The Morgan fingerprint density at radius 3 is 1.98 bits per heavy atom. The maximum atomic E-state index is 3.53. The summed E-state index contributed by atoms with van der Waals surface area (Å²) in [5, 5.41) is 0. The molecule has 0 heterocycles. The van der Waals surface area contributed by atoms with Crippen LogP contribution in [0.4, 0.5) is 0 Å². The second kappa shape index (κ2) is 13.2. The van der Waals surface area contributed by atoms with Crippen LogP contribution in [0.15, 0.2) is 72.8 Å². The molecule has 3 aromatic carbocycles. The molecule has 0 N–H and O–H groups in total. The molecule has 0 radical (unpaired) electrons. The summed E-state index contributed by atoms with van der Waals surface area (Å²) in [7, 11) is 0. The SMILES string of the molecule is CC(C)(C)c1c[c-]c2c(c1)-c1cc(C(C)(C)C)ccc1C2.CC1[C-]=CC(c2ccccc2)=C1.[Zr+2]=[C]1CCCCC1. The summed E-state index contributed by atoms with van der Waals surface area (Å²) in [6.07, 6.45) is 15.9. The summed E-state index contributed by atoms with van der Waals surface area (Å²) in [6, 6.07) is 25.5. The van der Waals surface area contributed by atoms with Gasteiger partial charge in [-0.05, 0) is 17.4 Å². The van der Waals surface area contributed by atoms with Crippen molar-refractivity contribution >= 4 is 8.78 Å². The van der Waals surface area contributed by atoms with Gasteiger partial charge in [0.2, 0.25) is 0 Å². The molecule has 0 saturated heterocycles. The molecule has 1 fully saturated rings. The Hall–Kier alpha value is -2.11. The number of rotatable bonds is 1. The van der Waals surface area contributed by atoms with Crippen LogP contribution in [-0.4, -0.2) is 3.21 Å². The minimum absolute atomic E-state index is 0.177. The third kappa shape index (κ3) is 8.22.